The molecule has 2 heterocycles. The fraction of sp³-hybridized carbons (Fsp3) is 0.478. The van der Waals surface area contributed by atoms with Gasteiger partial charge in [0.05, 0.1) is 12.0 Å². The molecule has 1 N–H and O–H groups in total. The minimum Gasteiger partial charge on any atom is -0.497 e. The van der Waals surface area contributed by atoms with E-state index >= 15 is 0 Å². The van der Waals surface area contributed by atoms with Crippen molar-refractivity contribution in [3.63, 3.8) is 0 Å². The van der Waals surface area contributed by atoms with E-state index in [1.54, 1.807) is 35.7 Å². The number of aryl methyl sites for hydroxylation is 1. The van der Waals surface area contributed by atoms with Crippen molar-refractivity contribution >= 4 is 15.7 Å². The normalized spacial score (nSPS) is 18.9. The first-order valence-corrected chi connectivity index (χ1v) is 12.2. The predicted octanol–water partition coefficient (Wildman–Crippen LogP) is 2.89. The highest BCUT2D eigenvalue weighted by Gasteiger charge is 2.37. The number of ether oxygens (including phenoxy) is 1. The highest BCUT2D eigenvalue weighted by molar-refractivity contribution is 7.89. The van der Waals surface area contributed by atoms with E-state index in [0.717, 1.165) is 32.4 Å². The molecule has 162 valence electrons. The van der Waals surface area contributed by atoms with Gasteiger partial charge in [-0.2, -0.15) is 4.31 Å². The number of methoxy groups -OCH3 is 1. The Hall–Kier alpha value is -2.09. The summed E-state index contributed by atoms with van der Waals surface area (Å²) in [5.41, 5.74) is 2.67. The standard InChI is InChI=1S/C23H31N3O3S/c1-3-18-4-6-21(7-5-18)25-14-12-19(13-15-25)24-20-16-26(17-20)30(27,28)23-10-8-22(29-2)9-11-23/h4-11,19-20,24H,3,12-17H2,1-2H3. The van der Waals surface area contributed by atoms with Crippen molar-refractivity contribution in [2.24, 2.45) is 0 Å². The maximum atomic E-state index is 12.7. The molecule has 2 aliphatic rings. The number of anilines is 1. The van der Waals surface area contributed by atoms with Gasteiger partial charge in [0.25, 0.3) is 0 Å². The Bertz CT molecular complexity index is 931. The second-order valence-corrected chi connectivity index (χ2v) is 10.1. The lowest BCUT2D eigenvalue weighted by Crippen LogP contribution is -2.62. The van der Waals surface area contributed by atoms with Gasteiger partial charge in [0.2, 0.25) is 10.0 Å². The van der Waals surface area contributed by atoms with Gasteiger partial charge < -0.3 is 15.0 Å². The summed E-state index contributed by atoms with van der Waals surface area (Å²) in [6, 6.07) is 16.1. The SMILES string of the molecule is CCc1ccc(N2CCC(NC3CN(S(=O)(=O)c4ccc(OC)cc4)C3)CC2)cc1. The highest BCUT2D eigenvalue weighted by atomic mass is 32.2. The summed E-state index contributed by atoms with van der Waals surface area (Å²) in [7, 11) is -1.85. The molecular weight excluding hydrogens is 398 g/mol. The smallest absolute Gasteiger partial charge is 0.243 e. The van der Waals surface area contributed by atoms with Crippen LogP contribution in [0.2, 0.25) is 0 Å². The van der Waals surface area contributed by atoms with Crippen LogP contribution in [0.5, 0.6) is 5.75 Å². The molecule has 0 bridgehead atoms. The third-order valence-electron chi connectivity index (χ3n) is 6.22. The zero-order chi connectivity index (χ0) is 21.1. The molecule has 0 aliphatic carbocycles. The summed E-state index contributed by atoms with van der Waals surface area (Å²) >= 11 is 0. The average molecular weight is 430 g/mol. The Morgan fingerprint density at radius 3 is 2.17 bits per heavy atom. The van der Waals surface area contributed by atoms with Gasteiger partial charge in [-0.1, -0.05) is 19.1 Å². The Kier molecular flexibility index (Phi) is 6.32. The molecule has 30 heavy (non-hydrogen) atoms. The number of nitrogens with zero attached hydrogens (tertiary/aromatic N) is 2. The number of piperidine rings is 1. The summed E-state index contributed by atoms with van der Waals surface area (Å²) in [5, 5.41) is 3.66. The molecule has 0 radical (unpaired) electrons. The Balaban J connectivity index is 1.24. The van der Waals surface area contributed by atoms with Gasteiger partial charge in [0, 0.05) is 44.0 Å². The monoisotopic (exact) mass is 429 g/mol. The second-order valence-electron chi connectivity index (χ2n) is 8.14. The fourth-order valence-corrected chi connectivity index (χ4v) is 5.75. The van der Waals surface area contributed by atoms with Crippen LogP contribution in [-0.2, 0) is 16.4 Å². The maximum Gasteiger partial charge on any atom is 0.243 e. The van der Waals surface area contributed by atoms with Crippen molar-refractivity contribution in [3.05, 3.63) is 54.1 Å². The first-order chi connectivity index (χ1) is 14.5. The molecule has 0 aromatic heterocycles. The maximum absolute atomic E-state index is 12.7. The van der Waals surface area contributed by atoms with Crippen molar-refractivity contribution in [2.75, 3.05) is 38.2 Å². The lowest BCUT2D eigenvalue weighted by molar-refractivity contribution is 0.201. The van der Waals surface area contributed by atoms with Crippen LogP contribution in [-0.4, -0.2) is 58.1 Å². The van der Waals surface area contributed by atoms with Crippen LogP contribution in [0, 0.1) is 0 Å². The van der Waals surface area contributed by atoms with Gasteiger partial charge in [-0.15, -0.1) is 0 Å². The van der Waals surface area contributed by atoms with Crippen LogP contribution in [0.15, 0.2) is 53.4 Å². The van der Waals surface area contributed by atoms with Crippen molar-refractivity contribution in [1.29, 1.82) is 0 Å². The molecule has 2 fully saturated rings. The number of hydrogen-bond donors (Lipinski definition) is 1. The van der Waals surface area contributed by atoms with Crippen molar-refractivity contribution in [1.82, 2.24) is 9.62 Å². The van der Waals surface area contributed by atoms with E-state index in [0.29, 0.717) is 29.8 Å². The van der Waals surface area contributed by atoms with Crippen molar-refractivity contribution in [3.8, 4) is 5.75 Å². The van der Waals surface area contributed by atoms with Gasteiger partial charge in [0.15, 0.2) is 0 Å². The number of nitrogens with one attached hydrogen (secondary N) is 1. The molecule has 0 atom stereocenters. The molecule has 0 unspecified atom stereocenters. The Morgan fingerprint density at radius 1 is 0.967 bits per heavy atom. The first kappa shape index (κ1) is 21.2. The summed E-state index contributed by atoms with van der Waals surface area (Å²) < 4.78 is 32.2. The Morgan fingerprint density at radius 2 is 1.60 bits per heavy atom. The molecule has 6 nitrogen and oxygen atoms in total. The van der Waals surface area contributed by atoms with Crippen molar-refractivity contribution < 1.29 is 13.2 Å². The average Bonchev–Trinajstić information content (AvgIpc) is 2.76. The largest absolute Gasteiger partial charge is 0.497 e. The minimum atomic E-state index is -3.42. The van der Waals surface area contributed by atoms with Crippen molar-refractivity contribution in [2.45, 2.75) is 43.2 Å². The number of sulfonamides is 1. The summed E-state index contributed by atoms with van der Waals surface area (Å²) in [6.45, 7) is 5.31. The molecule has 7 heteroatoms. The van der Waals surface area contributed by atoms with E-state index in [1.807, 2.05) is 0 Å². The molecule has 2 saturated heterocycles. The number of rotatable bonds is 7. The number of benzene rings is 2. The topological polar surface area (TPSA) is 61.9 Å². The van der Waals surface area contributed by atoms with Crippen LogP contribution in [0.25, 0.3) is 0 Å². The van der Waals surface area contributed by atoms with E-state index in [2.05, 4.69) is 41.4 Å². The lowest BCUT2D eigenvalue weighted by Gasteiger charge is -2.42. The quantitative estimate of drug-likeness (QED) is 0.733. The lowest BCUT2D eigenvalue weighted by atomic mass is 10.0. The van der Waals surface area contributed by atoms with Gasteiger partial charge in [-0.3, -0.25) is 0 Å². The third kappa shape index (κ3) is 4.48. The molecule has 2 aromatic carbocycles. The predicted molar refractivity (Wildman–Crippen MR) is 120 cm³/mol. The van der Waals surface area contributed by atoms with Crippen LogP contribution in [0.1, 0.15) is 25.3 Å². The molecule has 2 aromatic rings. The number of hydrogen-bond acceptors (Lipinski definition) is 5. The van der Waals surface area contributed by atoms with Gasteiger partial charge >= 0.3 is 0 Å². The van der Waals surface area contributed by atoms with Gasteiger partial charge in [-0.05, 0) is 61.2 Å². The van der Waals surface area contributed by atoms with E-state index in [-0.39, 0.29) is 6.04 Å². The van der Waals surface area contributed by atoms with E-state index in [9.17, 15) is 8.42 Å². The van der Waals surface area contributed by atoms with E-state index in [1.165, 1.54) is 11.3 Å². The fourth-order valence-electron chi connectivity index (χ4n) is 4.22. The Labute approximate surface area is 179 Å². The third-order valence-corrected chi connectivity index (χ3v) is 8.07. The molecule has 2 aliphatic heterocycles. The molecule has 0 amide bonds. The highest BCUT2D eigenvalue weighted by Crippen LogP contribution is 2.25. The summed E-state index contributed by atoms with van der Waals surface area (Å²) in [4.78, 5) is 2.77. The van der Waals surface area contributed by atoms with Crippen LogP contribution in [0.3, 0.4) is 0 Å². The molecule has 4 rings (SSSR count). The molecular formula is C23H31N3O3S. The zero-order valence-electron chi connectivity index (χ0n) is 17.8. The second kappa shape index (κ2) is 8.96. The van der Waals surface area contributed by atoms with Gasteiger partial charge in [-0.25, -0.2) is 8.42 Å². The van der Waals surface area contributed by atoms with E-state index in [4.69, 9.17) is 4.74 Å². The van der Waals surface area contributed by atoms with Crippen LogP contribution < -0.4 is 15.0 Å². The first-order valence-electron chi connectivity index (χ1n) is 10.7. The summed E-state index contributed by atoms with van der Waals surface area (Å²) in [5.74, 6) is 0.657. The van der Waals surface area contributed by atoms with Crippen LogP contribution in [0.4, 0.5) is 5.69 Å². The summed E-state index contributed by atoms with van der Waals surface area (Å²) in [6.07, 6.45) is 3.23. The van der Waals surface area contributed by atoms with Crippen LogP contribution >= 0.6 is 0 Å². The van der Waals surface area contributed by atoms with E-state index < -0.39 is 10.0 Å². The zero-order valence-corrected chi connectivity index (χ0v) is 18.6. The molecule has 0 spiro atoms. The minimum absolute atomic E-state index is 0.235. The van der Waals surface area contributed by atoms with Gasteiger partial charge in [0.1, 0.15) is 5.75 Å². The molecule has 0 saturated carbocycles.